The smallest absolute Gasteiger partial charge is 0.252 e. The maximum Gasteiger partial charge on any atom is 0.252 e. The zero-order valence-electron chi connectivity index (χ0n) is 9.50. The van der Waals surface area contributed by atoms with Crippen LogP contribution in [-0.2, 0) is 10.0 Å². The number of halogens is 1. The lowest BCUT2D eigenvalue weighted by molar-refractivity contribution is 0.395. The van der Waals surface area contributed by atoms with Crippen LogP contribution in [0.25, 0.3) is 0 Å². The van der Waals surface area contributed by atoms with Gasteiger partial charge < -0.3 is 5.73 Å². The van der Waals surface area contributed by atoms with Gasteiger partial charge in [-0.1, -0.05) is 0 Å². The van der Waals surface area contributed by atoms with Crippen LogP contribution in [0.4, 0.5) is 0 Å². The standard InChI is InChI=1S/C9H16N2O2S2.ClH/c1-7-4-5-14-9(7)15(12,13)11(3)8(2)6-10;/h4-5,8H,6,10H2,1-3H3;1H. The van der Waals surface area contributed by atoms with Crippen LogP contribution in [0.2, 0.25) is 0 Å². The van der Waals surface area contributed by atoms with Gasteiger partial charge in [0, 0.05) is 19.6 Å². The van der Waals surface area contributed by atoms with Crippen molar-refractivity contribution in [3.63, 3.8) is 0 Å². The second kappa shape index (κ2) is 5.97. The molecule has 1 rings (SSSR count). The number of aryl methyl sites for hydroxylation is 1. The predicted molar refractivity (Wildman–Crippen MR) is 69.8 cm³/mol. The molecule has 1 unspecified atom stereocenters. The molecule has 0 aromatic carbocycles. The minimum Gasteiger partial charge on any atom is -0.329 e. The number of sulfonamides is 1. The normalized spacial score (nSPS) is 13.6. The largest absolute Gasteiger partial charge is 0.329 e. The third-order valence-corrected chi connectivity index (χ3v) is 6.03. The van der Waals surface area contributed by atoms with Crippen LogP contribution in [0.1, 0.15) is 12.5 Å². The molecule has 94 valence electrons. The molecule has 7 heteroatoms. The minimum atomic E-state index is -3.37. The van der Waals surface area contributed by atoms with Crippen molar-refractivity contribution < 1.29 is 8.42 Å². The van der Waals surface area contributed by atoms with Crippen molar-refractivity contribution in [3.8, 4) is 0 Å². The lowest BCUT2D eigenvalue weighted by Gasteiger charge is -2.22. The molecule has 2 N–H and O–H groups in total. The average Bonchev–Trinajstić information content (AvgIpc) is 2.62. The fraction of sp³-hybridized carbons (Fsp3) is 0.556. The summed E-state index contributed by atoms with van der Waals surface area (Å²) in [5.41, 5.74) is 6.25. The fourth-order valence-corrected chi connectivity index (χ4v) is 4.09. The minimum absolute atomic E-state index is 0. The molecule has 4 nitrogen and oxygen atoms in total. The van der Waals surface area contributed by atoms with Crippen molar-refractivity contribution in [2.24, 2.45) is 5.73 Å². The molecular weight excluding hydrogens is 268 g/mol. The summed E-state index contributed by atoms with van der Waals surface area (Å²) in [6, 6.07) is 1.62. The van der Waals surface area contributed by atoms with E-state index in [0.29, 0.717) is 10.8 Å². The van der Waals surface area contributed by atoms with Gasteiger partial charge in [-0.3, -0.25) is 0 Å². The second-order valence-electron chi connectivity index (χ2n) is 3.50. The summed E-state index contributed by atoms with van der Waals surface area (Å²) in [4.78, 5) is 0. The fourth-order valence-electron chi connectivity index (χ4n) is 1.14. The summed E-state index contributed by atoms with van der Waals surface area (Å²) >= 11 is 1.24. The maximum atomic E-state index is 12.1. The van der Waals surface area contributed by atoms with Crippen LogP contribution in [0.3, 0.4) is 0 Å². The lowest BCUT2D eigenvalue weighted by Crippen LogP contribution is -2.39. The van der Waals surface area contributed by atoms with Crippen molar-refractivity contribution >= 4 is 33.8 Å². The topological polar surface area (TPSA) is 63.4 Å². The summed E-state index contributed by atoms with van der Waals surface area (Å²) in [5, 5.41) is 1.78. The number of hydrogen-bond acceptors (Lipinski definition) is 4. The molecule has 0 saturated heterocycles. The number of nitrogens with two attached hydrogens (primary N) is 1. The van der Waals surface area contributed by atoms with Crippen LogP contribution >= 0.6 is 23.7 Å². The Hall–Kier alpha value is -0.140. The van der Waals surface area contributed by atoms with E-state index in [1.165, 1.54) is 15.6 Å². The number of thiophene rings is 1. The molecule has 0 aliphatic heterocycles. The first-order chi connectivity index (χ1) is 6.91. The van der Waals surface area contributed by atoms with Crippen LogP contribution in [-0.4, -0.2) is 32.4 Å². The molecule has 0 aliphatic carbocycles. The molecule has 1 aromatic heterocycles. The van der Waals surface area contributed by atoms with E-state index in [1.54, 1.807) is 32.3 Å². The number of rotatable bonds is 4. The molecular formula is C9H17ClN2O2S2. The third kappa shape index (κ3) is 2.95. The van der Waals surface area contributed by atoms with Gasteiger partial charge in [0.05, 0.1) is 0 Å². The highest BCUT2D eigenvalue weighted by atomic mass is 35.5. The first kappa shape index (κ1) is 15.9. The molecule has 1 heterocycles. The number of likely N-dealkylation sites (N-methyl/N-ethyl adjacent to an activating group) is 1. The van der Waals surface area contributed by atoms with E-state index in [-0.39, 0.29) is 18.4 Å². The highest BCUT2D eigenvalue weighted by molar-refractivity contribution is 7.91. The lowest BCUT2D eigenvalue weighted by atomic mass is 10.4. The van der Waals surface area contributed by atoms with Gasteiger partial charge in [0.15, 0.2) is 0 Å². The Morgan fingerprint density at radius 2 is 2.12 bits per heavy atom. The van der Waals surface area contributed by atoms with Crippen molar-refractivity contribution in [1.82, 2.24) is 4.31 Å². The van der Waals surface area contributed by atoms with Crippen LogP contribution in [0.15, 0.2) is 15.7 Å². The van der Waals surface area contributed by atoms with Crippen LogP contribution < -0.4 is 5.73 Å². The Balaban J connectivity index is 0.00000225. The Kier molecular flexibility index (Phi) is 5.92. The zero-order chi connectivity index (χ0) is 11.6. The van der Waals surface area contributed by atoms with Gasteiger partial charge in [-0.05, 0) is 30.9 Å². The highest BCUT2D eigenvalue weighted by Gasteiger charge is 2.26. The molecule has 1 aromatic rings. The van der Waals surface area contributed by atoms with Crippen LogP contribution in [0.5, 0.6) is 0 Å². The average molecular weight is 285 g/mol. The summed E-state index contributed by atoms with van der Waals surface area (Å²) in [5.74, 6) is 0. The van der Waals surface area contributed by atoms with Crippen molar-refractivity contribution in [3.05, 3.63) is 17.0 Å². The highest BCUT2D eigenvalue weighted by Crippen LogP contribution is 2.25. The van der Waals surface area contributed by atoms with E-state index >= 15 is 0 Å². The Bertz CT molecular complexity index is 430. The Morgan fingerprint density at radius 3 is 2.50 bits per heavy atom. The molecule has 0 fully saturated rings. The van der Waals surface area contributed by atoms with Gasteiger partial charge in [-0.2, -0.15) is 4.31 Å². The van der Waals surface area contributed by atoms with Gasteiger partial charge in [0.25, 0.3) is 10.0 Å². The van der Waals surface area contributed by atoms with Gasteiger partial charge in [0.1, 0.15) is 4.21 Å². The molecule has 0 radical (unpaired) electrons. The molecule has 1 atom stereocenters. The summed E-state index contributed by atoms with van der Waals surface area (Å²) in [6.07, 6.45) is 0. The SMILES string of the molecule is Cc1ccsc1S(=O)(=O)N(C)C(C)CN.Cl. The van der Waals surface area contributed by atoms with E-state index < -0.39 is 10.0 Å². The van der Waals surface area contributed by atoms with E-state index in [9.17, 15) is 8.42 Å². The third-order valence-electron chi connectivity index (χ3n) is 2.39. The van der Waals surface area contributed by atoms with E-state index in [0.717, 1.165) is 5.56 Å². The maximum absolute atomic E-state index is 12.1. The van der Waals surface area contributed by atoms with E-state index in [4.69, 9.17) is 5.73 Å². The first-order valence-corrected chi connectivity index (χ1v) is 6.95. The molecule has 0 aliphatic rings. The summed E-state index contributed by atoms with van der Waals surface area (Å²) in [6.45, 7) is 3.91. The van der Waals surface area contributed by atoms with Gasteiger partial charge >= 0.3 is 0 Å². The molecule has 0 amide bonds. The molecule has 0 spiro atoms. The Morgan fingerprint density at radius 1 is 1.56 bits per heavy atom. The van der Waals surface area contributed by atoms with E-state index in [1.807, 2.05) is 0 Å². The monoisotopic (exact) mass is 284 g/mol. The predicted octanol–water partition coefficient (Wildman–Crippen LogP) is 1.45. The zero-order valence-corrected chi connectivity index (χ0v) is 12.0. The van der Waals surface area contributed by atoms with Crippen molar-refractivity contribution in [2.75, 3.05) is 13.6 Å². The molecule has 16 heavy (non-hydrogen) atoms. The summed E-state index contributed by atoms with van der Waals surface area (Å²) in [7, 11) is -1.80. The number of nitrogens with zero attached hydrogens (tertiary/aromatic N) is 1. The summed E-state index contributed by atoms with van der Waals surface area (Å²) < 4.78 is 25.9. The van der Waals surface area contributed by atoms with Gasteiger partial charge in [0.2, 0.25) is 0 Å². The Labute approximate surface area is 107 Å². The number of hydrogen-bond donors (Lipinski definition) is 1. The first-order valence-electron chi connectivity index (χ1n) is 4.63. The van der Waals surface area contributed by atoms with Crippen molar-refractivity contribution in [1.29, 1.82) is 0 Å². The molecule has 0 bridgehead atoms. The van der Waals surface area contributed by atoms with Gasteiger partial charge in [-0.25, -0.2) is 8.42 Å². The van der Waals surface area contributed by atoms with E-state index in [2.05, 4.69) is 0 Å². The van der Waals surface area contributed by atoms with Crippen molar-refractivity contribution in [2.45, 2.75) is 24.1 Å². The molecule has 0 saturated carbocycles. The van der Waals surface area contributed by atoms with Gasteiger partial charge in [-0.15, -0.1) is 23.7 Å². The van der Waals surface area contributed by atoms with Crippen LogP contribution in [0, 0.1) is 6.92 Å². The quantitative estimate of drug-likeness (QED) is 0.910. The second-order valence-corrected chi connectivity index (χ2v) is 6.61.